The summed E-state index contributed by atoms with van der Waals surface area (Å²) in [5, 5.41) is 10.6. The molecule has 2 aromatic rings. The lowest BCUT2D eigenvalue weighted by molar-refractivity contribution is -0.138. The minimum atomic E-state index is -0.673. The van der Waals surface area contributed by atoms with Crippen molar-refractivity contribution in [3.63, 3.8) is 0 Å². The van der Waals surface area contributed by atoms with Gasteiger partial charge in [0.15, 0.2) is 0 Å². The van der Waals surface area contributed by atoms with E-state index in [0.29, 0.717) is 6.04 Å². The molecule has 0 amide bonds. The Kier molecular flexibility index (Phi) is 3.87. The Bertz CT molecular complexity index is 766. The molecule has 4 heteroatoms. The van der Waals surface area contributed by atoms with Gasteiger partial charge in [-0.1, -0.05) is 25.1 Å². The van der Waals surface area contributed by atoms with E-state index in [0.717, 1.165) is 38.8 Å². The summed E-state index contributed by atoms with van der Waals surface area (Å²) in [5.41, 5.74) is 4.11. The Balaban J connectivity index is 1.81. The number of aromatic nitrogens is 1. The van der Waals surface area contributed by atoms with Crippen LogP contribution in [-0.4, -0.2) is 34.0 Å². The Morgan fingerprint density at radius 3 is 3.00 bits per heavy atom. The number of aliphatic carboxylic acids is 1. The molecule has 1 unspecified atom stereocenters. The lowest BCUT2D eigenvalue weighted by Crippen LogP contribution is -2.49. The molecule has 2 N–H and O–H groups in total. The Morgan fingerprint density at radius 2 is 2.21 bits per heavy atom. The highest BCUT2D eigenvalue weighted by molar-refractivity contribution is 5.85. The number of hydrogen-bond acceptors (Lipinski definition) is 2. The van der Waals surface area contributed by atoms with Crippen LogP contribution in [0.1, 0.15) is 56.3 Å². The van der Waals surface area contributed by atoms with Crippen LogP contribution < -0.4 is 0 Å². The van der Waals surface area contributed by atoms with Crippen molar-refractivity contribution in [3.8, 4) is 0 Å². The molecule has 1 aromatic carbocycles. The molecule has 2 atom stereocenters. The van der Waals surface area contributed by atoms with Crippen molar-refractivity contribution in [2.24, 2.45) is 5.41 Å². The maximum atomic E-state index is 11.2. The van der Waals surface area contributed by atoms with E-state index in [4.69, 9.17) is 0 Å². The maximum absolute atomic E-state index is 11.2. The third-order valence-corrected chi connectivity index (χ3v) is 6.38. The van der Waals surface area contributed by atoms with E-state index in [2.05, 4.69) is 41.1 Å². The van der Waals surface area contributed by atoms with Crippen LogP contribution in [0.2, 0.25) is 0 Å². The summed E-state index contributed by atoms with van der Waals surface area (Å²) in [7, 11) is 0. The molecule has 2 aliphatic rings. The number of fused-ring (bicyclic) bond motifs is 5. The Hall–Kier alpha value is -1.81. The van der Waals surface area contributed by atoms with Crippen molar-refractivity contribution in [2.75, 3.05) is 13.1 Å². The molecule has 0 spiro atoms. The lowest BCUT2D eigenvalue weighted by Gasteiger charge is -2.52. The molecule has 4 rings (SSSR count). The molecule has 1 fully saturated rings. The van der Waals surface area contributed by atoms with Gasteiger partial charge in [0.2, 0.25) is 0 Å². The fraction of sp³-hybridized carbons (Fsp3) is 0.550. The predicted molar refractivity (Wildman–Crippen MR) is 95.1 cm³/mol. The van der Waals surface area contributed by atoms with E-state index >= 15 is 0 Å². The molecule has 128 valence electrons. The van der Waals surface area contributed by atoms with E-state index < -0.39 is 5.97 Å². The van der Waals surface area contributed by atoms with Gasteiger partial charge in [0, 0.05) is 29.6 Å². The molecule has 4 nitrogen and oxygen atoms in total. The van der Waals surface area contributed by atoms with Crippen LogP contribution in [0.5, 0.6) is 0 Å². The van der Waals surface area contributed by atoms with Gasteiger partial charge in [0.1, 0.15) is 0 Å². The molecule has 0 radical (unpaired) electrons. The van der Waals surface area contributed by atoms with Gasteiger partial charge in [-0.05, 0) is 55.7 Å². The van der Waals surface area contributed by atoms with Crippen LogP contribution in [0.3, 0.4) is 0 Å². The zero-order valence-electron chi connectivity index (χ0n) is 14.3. The normalized spacial score (nSPS) is 27.0. The molecule has 1 aromatic heterocycles. The summed E-state index contributed by atoms with van der Waals surface area (Å²) >= 11 is 0. The average molecular weight is 326 g/mol. The second-order valence-electron chi connectivity index (χ2n) is 7.46. The highest BCUT2D eigenvalue weighted by Crippen LogP contribution is 2.53. The second-order valence-corrected chi connectivity index (χ2v) is 7.46. The first kappa shape index (κ1) is 15.7. The van der Waals surface area contributed by atoms with E-state index in [-0.39, 0.29) is 11.8 Å². The fourth-order valence-corrected chi connectivity index (χ4v) is 5.16. The number of para-hydroxylation sites is 1. The van der Waals surface area contributed by atoms with Crippen LogP contribution >= 0.6 is 0 Å². The second kappa shape index (κ2) is 5.92. The fourth-order valence-electron chi connectivity index (χ4n) is 5.16. The van der Waals surface area contributed by atoms with Crippen molar-refractivity contribution in [3.05, 3.63) is 35.5 Å². The van der Waals surface area contributed by atoms with Crippen molar-refractivity contribution >= 4 is 16.9 Å². The topological polar surface area (TPSA) is 56.3 Å². The molecule has 3 heterocycles. The number of nitrogens with zero attached hydrogens (tertiary/aromatic N) is 1. The summed E-state index contributed by atoms with van der Waals surface area (Å²) in [6.07, 6.45) is 5.49. The summed E-state index contributed by atoms with van der Waals surface area (Å²) in [6.45, 7) is 4.46. The summed E-state index contributed by atoms with van der Waals surface area (Å²) < 4.78 is 0. The van der Waals surface area contributed by atoms with Gasteiger partial charge >= 0.3 is 5.97 Å². The molecule has 0 bridgehead atoms. The third kappa shape index (κ3) is 2.35. The van der Waals surface area contributed by atoms with Crippen molar-refractivity contribution in [1.82, 2.24) is 9.88 Å². The molecule has 1 saturated heterocycles. The Morgan fingerprint density at radius 1 is 1.38 bits per heavy atom. The van der Waals surface area contributed by atoms with E-state index in [1.807, 2.05) is 0 Å². The van der Waals surface area contributed by atoms with Crippen LogP contribution in [0.15, 0.2) is 24.3 Å². The van der Waals surface area contributed by atoms with Crippen LogP contribution in [0.25, 0.3) is 10.9 Å². The number of nitrogens with one attached hydrogen (secondary N) is 1. The largest absolute Gasteiger partial charge is 0.481 e. The minimum absolute atomic E-state index is 0.0761. The van der Waals surface area contributed by atoms with Crippen LogP contribution in [0, 0.1) is 5.41 Å². The maximum Gasteiger partial charge on any atom is 0.303 e. The highest BCUT2D eigenvalue weighted by atomic mass is 16.4. The third-order valence-electron chi connectivity index (χ3n) is 6.38. The SMILES string of the molecule is CCC1(CCC(=O)O)CCCN2CCc3c([nH]c4ccccc34)[C@@H]21. The minimum Gasteiger partial charge on any atom is -0.481 e. The number of carboxylic acids is 1. The first-order valence-electron chi connectivity index (χ1n) is 9.20. The molecule has 0 aliphatic carbocycles. The van der Waals surface area contributed by atoms with Gasteiger partial charge in [-0.25, -0.2) is 0 Å². The summed E-state index contributed by atoms with van der Waals surface area (Å²) in [5.74, 6) is -0.673. The van der Waals surface area contributed by atoms with Gasteiger partial charge in [-0.3, -0.25) is 9.69 Å². The van der Waals surface area contributed by atoms with E-state index in [9.17, 15) is 9.90 Å². The lowest BCUT2D eigenvalue weighted by atomic mass is 9.65. The smallest absolute Gasteiger partial charge is 0.303 e. The standard InChI is InChI=1S/C20H26N2O2/c1-2-20(11-8-17(23)24)10-5-12-22-13-9-15-14-6-3-4-7-16(14)21-18(15)19(20)22/h3-4,6-7,19,21H,2,5,8-13H2,1H3,(H,23,24)/t19-,20?/m1/s1. The van der Waals surface area contributed by atoms with Gasteiger partial charge in [0.25, 0.3) is 0 Å². The first-order chi connectivity index (χ1) is 11.6. The van der Waals surface area contributed by atoms with Gasteiger partial charge in [-0.15, -0.1) is 0 Å². The number of H-pyrrole nitrogens is 1. The van der Waals surface area contributed by atoms with Crippen LogP contribution in [0.4, 0.5) is 0 Å². The van der Waals surface area contributed by atoms with Gasteiger partial charge in [-0.2, -0.15) is 0 Å². The predicted octanol–water partition coefficient (Wildman–Crippen LogP) is 4.12. The number of benzene rings is 1. The molecule has 2 aliphatic heterocycles. The van der Waals surface area contributed by atoms with E-state index in [1.54, 1.807) is 0 Å². The first-order valence-corrected chi connectivity index (χ1v) is 9.20. The number of rotatable bonds is 4. The van der Waals surface area contributed by atoms with Gasteiger partial charge in [0.05, 0.1) is 6.04 Å². The summed E-state index contributed by atoms with van der Waals surface area (Å²) in [4.78, 5) is 17.5. The Labute approximate surface area is 142 Å². The number of aromatic amines is 1. The van der Waals surface area contributed by atoms with Crippen molar-refractivity contribution < 1.29 is 9.90 Å². The van der Waals surface area contributed by atoms with Gasteiger partial charge < -0.3 is 10.1 Å². The van der Waals surface area contributed by atoms with Crippen molar-refractivity contribution in [2.45, 2.75) is 51.5 Å². The molecular weight excluding hydrogens is 300 g/mol. The highest BCUT2D eigenvalue weighted by Gasteiger charge is 2.47. The number of piperidine rings is 1. The molecule has 0 saturated carbocycles. The zero-order chi connectivity index (χ0) is 16.7. The average Bonchev–Trinajstić information content (AvgIpc) is 2.98. The van der Waals surface area contributed by atoms with E-state index in [1.165, 1.54) is 28.6 Å². The quantitative estimate of drug-likeness (QED) is 0.888. The van der Waals surface area contributed by atoms with Crippen molar-refractivity contribution in [1.29, 1.82) is 0 Å². The molecule has 24 heavy (non-hydrogen) atoms. The summed E-state index contributed by atoms with van der Waals surface area (Å²) in [6, 6.07) is 8.91. The van der Waals surface area contributed by atoms with Crippen LogP contribution in [-0.2, 0) is 11.2 Å². The number of hydrogen-bond donors (Lipinski definition) is 2. The molecular formula is C20H26N2O2. The number of carbonyl (C=O) groups is 1. The zero-order valence-corrected chi connectivity index (χ0v) is 14.3. The number of carboxylic acid groups (broad SMARTS) is 1. The monoisotopic (exact) mass is 326 g/mol.